The molecule has 0 spiro atoms. The van der Waals surface area contributed by atoms with E-state index in [1.165, 1.54) is 0 Å². The maximum atomic E-state index is 12.4. The topological polar surface area (TPSA) is 84.5 Å². The van der Waals surface area contributed by atoms with Crippen molar-refractivity contribution in [1.29, 1.82) is 0 Å². The predicted octanol–water partition coefficient (Wildman–Crippen LogP) is 1.83. The van der Waals surface area contributed by atoms with Crippen LogP contribution in [0, 0.1) is 5.41 Å². The number of hydrogen-bond acceptors (Lipinski definition) is 4. The first-order chi connectivity index (χ1) is 11.6. The van der Waals surface area contributed by atoms with Crippen molar-refractivity contribution in [3.8, 4) is 0 Å². The van der Waals surface area contributed by atoms with Crippen LogP contribution < -0.4 is 10.6 Å². The minimum absolute atomic E-state index is 0.231. The van der Waals surface area contributed by atoms with Crippen molar-refractivity contribution in [1.82, 2.24) is 10.6 Å². The van der Waals surface area contributed by atoms with Crippen LogP contribution in [-0.2, 0) is 25.5 Å². The number of ether oxygens (including phenoxy) is 1. The molecule has 0 fully saturated rings. The summed E-state index contributed by atoms with van der Waals surface area (Å²) < 4.78 is 5.05. The van der Waals surface area contributed by atoms with Gasteiger partial charge in [-0.1, -0.05) is 51.1 Å². The summed E-state index contributed by atoms with van der Waals surface area (Å²) in [5.74, 6) is -1.15. The second-order valence-electron chi connectivity index (χ2n) is 6.95. The number of hydrogen-bond donors (Lipinski definition) is 2. The molecule has 0 aliphatic rings. The van der Waals surface area contributed by atoms with E-state index in [-0.39, 0.29) is 12.5 Å². The molecule has 0 heterocycles. The molecule has 0 aromatic heterocycles. The maximum absolute atomic E-state index is 12.4. The zero-order valence-electron chi connectivity index (χ0n) is 15.6. The molecule has 138 valence electrons. The van der Waals surface area contributed by atoms with Crippen molar-refractivity contribution >= 4 is 17.8 Å². The van der Waals surface area contributed by atoms with Crippen molar-refractivity contribution in [2.75, 3.05) is 6.61 Å². The van der Waals surface area contributed by atoms with Crippen LogP contribution in [0.3, 0.4) is 0 Å². The Morgan fingerprint density at radius 3 is 2.20 bits per heavy atom. The van der Waals surface area contributed by atoms with Gasteiger partial charge in [-0.05, 0) is 19.4 Å². The summed E-state index contributed by atoms with van der Waals surface area (Å²) in [6.07, 6.45) is 0.325. The average Bonchev–Trinajstić information content (AvgIpc) is 2.54. The fraction of sp³-hybridized carbons (Fsp3) is 0.526. The highest BCUT2D eigenvalue weighted by molar-refractivity contribution is 5.91. The van der Waals surface area contributed by atoms with Gasteiger partial charge < -0.3 is 15.4 Å². The molecule has 0 bridgehead atoms. The van der Waals surface area contributed by atoms with Crippen molar-refractivity contribution in [3.05, 3.63) is 35.9 Å². The molecular weight excluding hydrogens is 320 g/mol. The molecule has 6 nitrogen and oxygen atoms in total. The molecule has 2 amide bonds. The lowest BCUT2D eigenvalue weighted by atomic mass is 9.95. The van der Waals surface area contributed by atoms with Gasteiger partial charge in [0, 0.05) is 11.8 Å². The zero-order chi connectivity index (χ0) is 19.0. The molecule has 0 aliphatic heterocycles. The third kappa shape index (κ3) is 6.95. The minimum Gasteiger partial charge on any atom is -0.464 e. The van der Waals surface area contributed by atoms with Crippen molar-refractivity contribution in [3.63, 3.8) is 0 Å². The SMILES string of the molecule is CCOC(=O)[C@H](Cc1ccccc1)NC(=O)[C@H](C)NC(=O)C(C)(C)C. The lowest BCUT2D eigenvalue weighted by molar-refractivity contribution is -0.147. The Bertz CT molecular complexity index is 593. The number of benzene rings is 1. The molecule has 1 aromatic carbocycles. The van der Waals surface area contributed by atoms with E-state index in [1.54, 1.807) is 34.6 Å². The summed E-state index contributed by atoms with van der Waals surface area (Å²) in [7, 11) is 0. The summed E-state index contributed by atoms with van der Waals surface area (Å²) >= 11 is 0. The van der Waals surface area contributed by atoms with Gasteiger partial charge in [0.15, 0.2) is 0 Å². The summed E-state index contributed by atoms with van der Waals surface area (Å²) in [4.78, 5) is 36.6. The first-order valence-electron chi connectivity index (χ1n) is 8.47. The van der Waals surface area contributed by atoms with Gasteiger partial charge in [0.1, 0.15) is 12.1 Å². The highest BCUT2D eigenvalue weighted by Gasteiger charge is 2.28. The fourth-order valence-electron chi connectivity index (χ4n) is 2.06. The third-order valence-corrected chi connectivity index (χ3v) is 3.59. The summed E-state index contributed by atoms with van der Waals surface area (Å²) in [6.45, 7) is 8.84. The summed E-state index contributed by atoms with van der Waals surface area (Å²) in [5, 5.41) is 5.34. The number of nitrogens with one attached hydrogen (secondary N) is 2. The minimum atomic E-state index is -0.802. The van der Waals surface area contributed by atoms with Crippen LogP contribution in [0.2, 0.25) is 0 Å². The van der Waals surface area contributed by atoms with Crippen molar-refractivity contribution in [2.24, 2.45) is 5.41 Å². The van der Waals surface area contributed by atoms with Crippen molar-refractivity contribution in [2.45, 2.75) is 53.1 Å². The van der Waals surface area contributed by atoms with Crippen LogP contribution in [0.4, 0.5) is 0 Å². The standard InChI is InChI=1S/C19H28N2O4/c1-6-25-17(23)15(12-14-10-8-7-9-11-14)21-16(22)13(2)20-18(24)19(3,4)5/h7-11,13,15H,6,12H2,1-5H3,(H,20,24)(H,21,22)/t13-,15-/m0/s1. The van der Waals surface area contributed by atoms with Crippen LogP contribution in [-0.4, -0.2) is 36.5 Å². The number of carbonyl (C=O) groups excluding carboxylic acids is 3. The monoisotopic (exact) mass is 348 g/mol. The molecule has 0 saturated carbocycles. The van der Waals surface area contributed by atoms with Crippen LogP contribution in [0.15, 0.2) is 30.3 Å². The summed E-state index contributed by atoms with van der Waals surface area (Å²) in [5.41, 5.74) is 0.311. The van der Waals surface area contributed by atoms with E-state index in [1.807, 2.05) is 30.3 Å². The van der Waals surface area contributed by atoms with Crippen molar-refractivity contribution < 1.29 is 19.1 Å². The van der Waals surface area contributed by atoms with Crippen LogP contribution in [0.1, 0.15) is 40.2 Å². The number of amides is 2. The highest BCUT2D eigenvalue weighted by Crippen LogP contribution is 2.13. The van der Waals surface area contributed by atoms with Gasteiger partial charge in [0.25, 0.3) is 0 Å². The number of esters is 1. The normalized spacial score (nSPS) is 13.5. The lowest BCUT2D eigenvalue weighted by Crippen LogP contribution is -2.53. The Balaban J connectivity index is 2.77. The molecule has 25 heavy (non-hydrogen) atoms. The van der Waals surface area contributed by atoms with E-state index in [0.29, 0.717) is 6.42 Å². The number of carbonyl (C=O) groups is 3. The fourth-order valence-corrected chi connectivity index (χ4v) is 2.06. The first-order valence-corrected chi connectivity index (χ1v) is 8.47. The summed E-state index contributed by atoms with van der Waals surface area (Å²) in [6, 6.07) is 7.82. The molecule has 2 N–H and O–H groups in total. The molecule has 0 unspecified atom stereocenters. The van der Waals surface area contributed by atoms with E-state index >= 15 is 0 Å². The Kier molecular flexibility index (Phi) is 7.61. The predicted molar refractivity (Wildman–Crippen MR) is 95.8 cm³/mol. The second-order valence-corrected chi connectivity index (χ2v) is 6.95. The van der Waals surface area contributed by atoms with Gasteiger partial charge in [-0.25, -0.2) is 4.79 Å². The van der Waals surface area contributed by atoms with Gasteiger partial charge in [0.2, 0.25) is 11.8 Å². The molecular formula is C19H28N2O4. The Hall–Kier alpha value is -2.37. The first kappa shape index (κ1) is 20.7. The average molecular weight is 348 g/mol. The lowest BCUT2D eigenvalue weighted by Gasteiger charge is -2.23. The second kappa shape index (κ2) is 9.20. The van der Waals surface area contributed by atoms with Gasteiger partial charge in [-0.2, -0.15) is 0 Å². The van der Waals surface area contributed by atoms with E-state index in [2.05, 4.69) is 10.6 Å². The zero-order valence-corrected chi connectivity index (χ0v) is 15.6. The highest BCUT2D eigenvalue weighted by atomic mass is 16.5. The Labute approximate surface area is 149 Å². The van der Waals surface area contributed by atoms with Gasteiger partial charge in [-0.15, -0.1) is 0 Å². The Morgan fingerprint density at radius 1 is 1.08 bits per heavy atom. The third-order valence-electron chi connectivity index (χ3n) is 3.59. The van der Waals surface area contributed by atoms with Crippen LogP contribution >= 0.6 is 0 Å². The quantitative estimate of drug-likeness (QED) is 0.736. The smallest absolute Gasteiger partial charge is 0.328 e. The number of rotatable bonds is 7. The Morgan fingerprint density at radius 2 is 1.68 bits per heavy atom. The van der Waals surface area contributed by atoms with E-state index in [9.17, 15) is 14.4 Å². The van der Waals surface area contributed by atoms with E-state index < -0.39 is 29.4 Å². The molecule has 0 saturated heterocycles. The van der Waals surface area contributed by atoms with Gasteiger partial charge in [-0.3, -0.25) is 9.59 Å². The largest absolute Gasteiger partial charge is 0.464 e. The van der Waals surface area contributed by atoms with Crippen LogP contribution in [0.5, 0.6) is 0 Å². The van der Waals surface area contributed by atoms with E-state index in [4.69, 9.17) is 4.74 Å². The molecule has 1 aromatic rings. The molecule has 2 atom stereocenters. The van der Waals surface area contributed by atoms with Gasteiger partial charge >= 0.3 is 5.97 Å². The van der Waals surface area contributed by atoms with Gasteiger partial charge in [0.05, 0.1) is 6.61 Å². The molecule has 6 heteroatoms. The maximum Gasteiger partial charge on any atom is 0.328 e. The van der Waals surface area contributed by atoms with Crippen LogP contribution in [0.25, 0.3) is 0 Å². The van der Waals surface area contributed by atoms with E-state index in [0.717, 1.165) is 5.56 Å². The molecule has 0 radical (unpaired) electrons. The molecule has 0 aliphatic carbocycles. The molecule has 1 rings (SSSR count).